The maximum absolute atomic E-state index is 10.7. The number of nitriles is 1. The van der Waals surface area contributed by atoms with Gasteiger partial charge >= 0.3 is 5.97 Å². The number of benzene rings is 1. The van der Waals surface area contributed by atoms with E-state index in [-0.39, 0.29) is 6.42 Å². The lowest BCUT2D eigenvalue weighted by atomic mass is 9.96. The van der Waals surface area contributed by atoms with Gasteiger partial charge in [0, 0.05) is 5.33 Å². The van der Waals surface area contributed by atoms with Crippen LogP contribution in [0.3, 0.4) is 0 Å². The van der Waals surface area contributed by atoms with Gasteiger partial charge in [0.05, 0.1) is 18.1 Å². The van der Waals surface area contributed by atoms with Crippen LogP contribution in [0.5, 0.6) is 0 Å². The summed E-state index contributed by atoms with van der Waals surface area (Å²) >= 11 is 3.31. The Morgan fingerprint density at radius 1 is 1.50 bits per heavy atom. The second kappa shape index (κ2) is 5.66. The quantitative estimate of drug-likeness (QED) is 0.863. The summed E-state index contributed by atoms with van der Waals surface area (Å²) in [5, 5.41) is 18.4. The van der Waals surface area contributed by atoms with Gasteiger partial charge in [-0.05, 0) is 23.1 Å². The molecule has 0 aliphatic carbocycles. The maximum atomic E-state index is 10.7. The second-order valence-corrected chi connectivity index (χ2v) is 4.02. The van der Waals surface area contributed by atoms with Crippen molar-refractivity contribution in [1.82, 2.24) is 0 Å². The minimum Gasteiger partial charge on any atom is -0.481 e. The summed E-state index contributed by atoms with van der Waals surface area (Å²) in [6.07, 6.45) is 0.731. The van der Waals surface area contributed by atoms with Crippen LogP contribution in [0, 0.1) is 11.3 Å². The summed E-state index contributed by atoms with van der Waals surface area (Å²) in [5.41, 5.74) is 3.00. The molecule has 0 radical (unpaired) electrons. The smallest absolute Gasteiger partial charge is 0.307 e. The van der Waals surface area contributed by atoms with Gasteiger partial charge in [-0.1, -0.05) is 35.0 Å². The molecule has 0 saturated heterocycles. The van der Waals surface area contributed by atoms with Crippen molar-refractivity contribution in [3.05, 3.63) is 34.4 Å². The molecule has 16 heavy (non-hydrogen) atoms. The maximum Gasteiger partial charge on any atom is 0.307 e. The van der Waals surface area contributed by atoms with E-state index in [2.05, 4.69) is 22.0 Å². The molecule has 0 aliphatic rings. The van der Waals surface area contributed by atoms with Crippen molar-refractivity contribution in [3.63, 3.8) is 0 Å². The zero-order chi connectivity index (χ0) is 12.1. The Balaban J connectivity index is 3.32. The molecule has 84 valence electrons. The SMILES string of the molecule is CCc1cc(CBr)c(C#N)c(CC(=O)O)c1. The number of hydrogen-bond acceptors (Lipinski definition) is 2. The molecule has 0 atom stereocenters. The monoisotopic (exact) mass is 281 g/mol. The largest absolute Gasteiger partial charge is 0.481 e. The molecule has 0 aromatic heterocycles. The molecule has 3 nitrogen and oxygen atoms in total. The molecular formula is C12H12BrNO2. The lowest BCUT2D eigenvalue weighted by molar-refractivity contribution is -0.136. The van der Waals surface area contributed by atoms with E-state index < -0.39 is 5.97 Å². The highest BCUT2D eigenvalue weighted by molar-refractivity contribution is 9.08. The fraction of sp³-hybridized carbons (Fsp3) is 0.333. The Morgan fingerprint density at radius 3 is 2.56 bits per heavy atom. The van der Waals surface area contributed by atoms with Crippen LogP contribution in [0.15, 0.2) is 12.1 Å². The van der Waals surface area contributed by atoms with Crippen molar-refractivity contribution < 1.29 is 9.90 Å². The van der Waals surface area contributed by atoms with E-state index in [0.717, 1.165) is 17.5 Å². The molecular weight excluding hydrogens is 270 g/mol. The number of carboxylic acid groups (broad SMARTS) is 1. The molecule has 4 heteroatoms. The average molecular weight is 282 g/mol. The second-order valence-electron chi connectivity index (χ2n) is 3.46. The summed E-state index contributed by atoms with van der Waals surface area (Å²) in [6, 6.07) is 5.83. The van der Waals surface area contributed by atoms with Crippen LogP contribution in [0.4, 0.5) is 0 Å². The Morgan fingerprint density at radius 2 is 2.12 bits per heavy atom. The van der Waals surface area contributed by atoms with Crippen LogP contribution in [0.1, 0.15) is 29.2 Å². The van der Waals surface area contributed by atoms with Crippen molar-refractivity contribution in [3.8, 4) is 6.07 Å². The van der Waals surface area contributed by atoms with Gasteiger partial charge in [0.15, 0.2) is 0 Å². The van der Waals surface area contributed by atoms with E-state index >= 15 is 0 Å². The van der Waals surface area contributed by atoms with Gasteiger partial charge in [-0.25, -0.2) is 0 Å². The first-order chi connectivity index (χ1) is 7.62. The van der Waals surface area contributed by atoms with E-state index in [4.69, 9.17) is 10.4 Å². The number of alkyl halides is 1. The summed E-state index contributed by atoms with van der Waals surface area (Å²) in [5.74, 6) is -0.912. The lowest BCUT2D eigenvalue weighted by Gasteiger charge is -2.09. The van der Waals surface area contributed by atoms with Crippen LogP contribution in [-0.4, -0.2) is 11.1 Å². The summed E-state index contributed by atoms with van der Waals surface area (Å²) in [6.45, 7) is 2.00. The Hall–Kier alpha value is -1.34. The number of carboxylic acids is 1. The van der Waals surface area contributed by atoms with E-state index in [9.17, 15) is 4.79 Å². The van der Waals surface area contributed by atoms with E-state index in [1.165, 1.54) is 0 Å². The number of aryl methyl sites for hydroxylation is 1. The zero-order valence-corrected chi connectivity index (χ0v) is 10.5. The minimum atomic E-state index is -0.912. The molecule has 0 fully saturated rings. The number of hydrogen-bond donors (Lipinski definition) is 1. The molecule has 1 aromatic rings. The van der Waals surface area contributed by atoms with Gasteiger partial charge < -0.3 is 5.11 Å². The molecule has 0 heterocycles. The standard InChI is InChI=1S/C12H12BrNO2/c1-2-8-3-9(5-12(15)16)11(7-14)10(4-8)6-13/h3-4H,2,5-6H2,1H3,(H,15,16). The fourth-order valence-corrected chi connectivity index (χ4v) is 2.04. The first-order valence-electron chi connectivity index (χ1n) is 4.94. The molecule has 0 aliphatic heterocycles. The zero-order valence-electron chi connectivity index (χ0n) is 8.96. The average Bonchev–Trinajstić information content (AvgIpc) is 2.27. The molecule has 0 bridgehead atoms. The van der Waals surface area contributed by atoms with Crippen LogP contribution in [0.2, 0.25) is 0 Å². The van der Waals surface area contributed by atoms with Crippen LogP contribution < -0.4 is 0 Å². The number of halogens is 1. The predicted octanol–water partition coefficient (Wildman–Crippen LogP) is 2.64. The van der Waals surface area contributed by atoms with Crippen molar-refractivity contribution >= 4 is 21.9 Å². The topological polar surface area (TPSA) is 61.1 Å². The van der Waals surface area contributed by atoms with Gasteiger partial charge in [0.1, 0.15) is 0 Å². The first-order valence-corrected chi connectivity index (χ1v) is 6.07. The third-order valence-corrected chi connectivity index (χ3v) is 2.97. The third kappa shape index (κ3) is 2.83. The molecule has 0 unspecified atom stereocenters. The van der Waals surface area contributed by atoms with Crippen molar-refractivity contribution in [1.29, 1.82) is 5.26 Å². The number of rotatable bonds is 4. The Bertz CT molecular complexity index is 449. The Labute approximate surface area is 103 Å². The highest BCUT2D eigenvalue weighted by Gasteiger charge is 2.12. The number of aliphatic carboxylic acids is 1. The summed E-state index contributed by atoms with van der Waals surface area (Å²) in [4.78, 5) is 10.7. The van der Waals surface area contributed by atoms with E-state index in [0.29, 0.717) is 16.5 Å². The van der Waals surface area contributed by atoms with Crippen LogP contribution in [0.25, 0.3) is 0 Å². The summed E-state index contributed by atoms with van der Waals surface area (Å²) < 4.78 is 0. The van der Waals surface area contributed by atoms with Gasteiger partial charge in [0.25, 0.3) is 0 Å². The Kier molecular flexibility index (Phi) is 4.51. The normalized spacial score (nSPS) is 9.81. The van der Waals surface area contributed by atoms with Gasteiger partial charge in [-0.3, -0.25) is 4.79 Å². The minimum absolute atomic E-state index is 0.100. The lowest BCUT2D eigenvalue weighted by Crippen LogP contribution is -2.05. The van der Waals surface area contributed by atoms with Gasteiger partial charge in [-0.2, -0.15) is 5.26 Å². The van der Waals surface area contributed by atoms with Crippen molar-refractivity contribution in [2.75, 3.05) is 0 Å². The first kappa shape index (κ1) is 12.7. The third-order valence-electron chi connectivity index (χ3n) is 2.37. The summed E-state index contributed by atoms with van der Waals surface area (Å²) in [7, 11) is 0. The van der Waals surface area contributed by atoms with Crippen LogP contribution >= 0.6 is 15.9 Å². The molecule has 1 N–H and O–H groups in total. The van der Waals surface area contributed by atoms with Gasteiger partial charge in [0.2, 0.25) is 0 Å². The van der Waals surface area contributed by atoms with Gasteiger partial charge in [-0.15, -0.1) is 0 Å². The van der Waals surface area contributed by atoms with Crippen molar-refractivity contribution in [2.24, 2.45) is 0 Å². The molecule has 0 spiro atoms. The molecule has 1 rings (SSSR count). The number of carbonyl (C=O) groups is 1. The number of nitrogens with zero attached hydrogens (tertiary/aromatic N) is 1. The molecule has 1 aromatic carbocycles. The molecule has 0 amide bonds. The molecule has 0 saturated carbocycles. The highest BCUT2D eigenvalue weighted by Crippen LogP contribution is 2.20. The fourth-order valence-electron chi connectivity index (χ4n) is 1.60. The van der Waals surface area contributed by atoms with E-state index in [1.807, 2.05) is 13.0 Å². The van der Waals surface area contributed by atoms with E-state index in [1.54, 1.807) is 6.07 Å². The van der Waals surface area contributed by atoms with Crippen LogP contribution in [-0.2, 0) is 23.0 Å². The van der Waals surface area contributed by atoms with Crippen molar-refractivity contribution in [2.45, 2.75) is 25.1 Å². The predicted molar refractivity (Wildman–Crippen MR) is 64.5 cm³/mol. The highest BCUT2D eigenvalue weighted by atomic mass is 79.9.